The van der Waals surface area contributed by atoms with Crippen LogP contribution in [0.3, 0.4) is 0 Å². The SMILES string of the molecule is O=c1c2cc3c(=O)n(CCOCCO[N+](=O)[O-])c(=O)c3cc2c(=O)n1CCOCCO[N+](=O)[O-]. The molecule has 2 heterocycles. The van der Waals surface area contributed by atoms with Crippen molar-refractivity contribution in [2.24, 2.45) is 0 Å². The summed E-state index contributed by atoms with van der Waals surface area (Å²) >= 11 is 0. The smallest absolute Gasteiger partial charge is 0.294 e. The second kappa shape index (κ2) is 10.6. The van der Waals surface area contributed by atoms with Crippen LogP contribution in [0.25, 0.3) is 21.5 Å². The monoisotopic (exact) mass is 482 g/mol. The summed E-state index contributed by atoms with van der Waals surface area (Å²) in [4.78, 5) is 78.9. The summed E-state index contributed by atoms with van der Waals surface area (Å²) in [5, 5.41) is 18.1. The number of aromatic nitrogens is 2. The molecule has 0 saturated carbocycles. The van der Waals surface area contributed by atoms with Gasteiger partial charge in [0.1, 0.15) is 13.2 Å². The molecule has 1 aromatic carbocycles. The summed E-state index contributed by atoms with van der Waals surface area (Å²) in [6, 6.07) is 2.39. The molecule has 0 aliphatic heterocycles. The quantitative estimate of drug-likeness (QED) is 0.144. The number of benzene rings is 1. The van der Waals surface area contributed by atoms with E-state index in [2.05, 4.69) is 9.68 Å². The van der Waals surface area contributed by atoms with Gasteiger partial charge in [0, 0.05) is 0 Å². The molecule has 0 fully saturated rings. The zero-order valence-corrected chi connectivity index (χ0v) is 17.5. The van der Waals surface area contributed by atoms with Crippen molar-refractivity contribution in [3.8, 4) is 0 Å². The fourth-order valence-electron chi connectivity index (χ4n) is 3.34. The second-order valence-electron chi connectivity index (χ2n) is 6.81. The molecular formula is C18H18N4O12. The molecule has 0 spiro atoms. The highest BCUT2D eigenvalue weighted by atomic mass is 17.0. The van der Waals surface area contributed by atoms with Crippen LogP contribution in [0.2, 0.25) is 0 Å². The van der Waals surface area contributed by atoms with E-state index >= 15 is 0 Å². The maximum absolute atomic E-state index is 12.7. The van der Waals surface area contributed by atoms with Crippen molar-refractivity contribution >= 4 is 21.5 Å². The molecule has 0 amide bonds. The van der Waals surface area contributed by atoms with Crippen LogP contribution in [0.1, 0.15) is 0 Å². The predicted octanol–water partition coefficient (Wildman–Crippen LogP) is -1.64. The Labute approximate surface area is 187 Å². The van der Waals surface area contributed by atoms with Crippen molar-refractivity contribution < 1.29 is 29.3 Å². The fourth-order valence-corrected chi connectivity index (χ4v) is 3.34. The summed E-state index contributed by atoms with van der Waals surface area (Å²) < 4.78 is 12.0. The van der Waals surface area contributed by atoms with E-state index in [4.69, 9.17) is 9.47 Å². The third-order valence-electron chi connectivity index (χ3n) is 4.83. The Kier molecular flexibility index (Phi) is 7.64. The van der Waals surface area contributed by atoms with E-state index < -0.39 is 32.4 Å². The number of hydrogen-bond donors (Lipinski definition) is 0. The van der Waals surface area contributed by atoms with Crippen molar-refractivity contribution in [2.45, 2.75) is 13.1 Å². The average Bonchev–Trinajstić information content (AvgIpc) is 3.16. The van der Waals surface area contributed by atoms with Gasteiger partial charge in [-0.3, -0.25) is 28.3 Å². The number of nitrogens with zero attached hydrogens (tertiary/aromatic N) is 4. The van der Waals surface area contributed by atoms with E-state index in [0.29, 0.717) is 0 Å². The van der Waals surface area contributed by atoms with E-state index in [1.165, 1.54) is 12.1 Å². The summed E-state index contributed by atoms with van der Waals surface area (Å²) in [5.41, 5.74) is -2.66. The first-order valence-corrected chi connectivity index (χ1v) is 9.83. The molecule has 0 N–H and O–H groups in total. The minimum Gasteiger partial charge on any atom is -0.378 e. The van der Waals surface area contributed by atoms with Crippen LogP contribution < -0.4 is 22.2 Å². The Hall–Kier alpha value is -4.18. The molecule has 0 radical (unpaired) electrons. The van der Waals surface area contributed by atoms with E-state index in [-0.39, 0.29) is 74.3 Å². The zero-order valence-electron chi connectivity index (χ0n) is 17.5. The maximum atomic E-state index is 12.7. The van der Waals surface area contributed by atoms with E-state index in [1.54, 1.807) is 0 Å². The molecule has 34 heavy (non-hydrogen) atoms. The molecule has 0 aliphatic carbocycles. The van der Waals surface area contributed by atoms with E-state index in [0.717, 1.165) is 9.13 Å². The second-order valence-corrected chi connectivity index (χ2v) is 6.81. The van der Waals surface area contributed by atoms with Crippen molar-refractivity contribution in [3.05, 3.63) is 73.8 Å². The van der Waals surface area contributed by atoms with Gasteiger partial charge in [-0.2, -0.15) is 0 Å². The number of rotatable bonds is 14. The largest absolute Gasteiger partial charge is 0.378 e. The van der Waals surface area contributed by atoms with Gasteiger partial charge in [0.05, 0.1) is 61.1 Å². The number of ether oxygens (including phenoxy) is 2. The molecule has 16 nitrogen and oxygen atoms in total. The fraction of sp³-hybridized carbons (Fsp3) is 0.444. The highest BCUT2D eigenvalue weighted by Gasteiger charge is 2.19. The zero-order chi connectivity index (χ0) is 24.8. The van der Waals surface area contributed by atoms with Crippen molar-refractivity contribution in [1.29, 1.82) is 0 Å². The van der Waals surface area contributed by atoms with Crippen molar-refractivity contribution in [3.63, 3.8) is 0 Å². The lowest BCUT2D eigenvalue weighted by molar-refractivity contribution is -0.758. The van der Waals surface area contributed by atoms with Gasteiger partial charge in [0.15, 0.2) is 0 Å². The third kappa shape index (κ3) is 5.24. The van der Waals surface area contributed by atoms with E-state index in [9.17, 15) is 39.4 Å². The van der Waals surface area contributed by atoms with Crippen LogP contribution >= 0.6 is 0 Å². The lowest BCUT2D eigenvalue weighted by atomic mass is 10.1. The van der Waals surface area contributed by atoms with Gasteiger partial charge in [-0.1, -0.05) is 0 Å². The van der Waals surface area contributed by atoms with Gasteiger partial charge in [0.25, 0.3) is 32.4 Å². The molecule has 182 valence electrons. The summed E-state index contributed by atoms with van der Waals surface area (Å²) in [6.07, 6.45) is 0. The lowest BCUT2D eigenvalue weighted by Crippen LogP contribution is -2.28. The normalized spacial score (nSPS) is 11.3. The summed E-state index contributed by atoms with van der Waals surface area (Å²) in [7, 11) is 0. The topological polar surface area (TPSA) is 201 Å². The molecule has 3 aromatic rings. The van der Waals surface area contributed by atoms with Gasteiger partial charge in [-0.25, -0.2) is 0 Å². The third-order valence-corrected chi connectivity index (χ3v) is 4.83. The minimum absolute atomic E-state index is 0.0309. The lowest BCUT2D eigenvalue weighted by Gasteiger charge is -2.03. The molecule has 16 heteroatoms. The Morgan fingerprint density at radius 1 is 0.588 bits per heavy atom. The van der Waals surface area contributed by atoms with Gasteiger partial charge >= 0.3 is 0 Å². The Morgan fingerprint density at radius 3 is 1.21 bits per heavy atom. The number of fused-ring (bicyclic) bond motifs is 2. The standard InChI is InChI=1S/C18H18N4O12/c23-15-11-9-13-14(18(26)20(17(13)25)2-4-32-6-8-34-22(29)30)10-12(11)16(24)19(15)1-3-31-5-7-33-21(27)28/h9-10H,1-8H2. The van der Waals surface area contributed by atoms with Gasteiger partial charge < -0.3 is 19.1 Å². The molecule has 0 saturated heterocycles. The molecule has 2 aromatic heterocycles. The molecule has 0 atom stereocenters. The summed E-state index contributed by atoms with van der Waals surface area (Å²) in [5.74, 6) is 0. The highest BCUT2D eigenvalue weighted by Crippen LogP contribution is 2.14. The van der Waals surface area contributed by atoms with Gasteiger partial charge in [-0.05, 0) is 12.1 Å². The van der Waals surface area contributed by atoms with Crippen LogP contribution in [-0.4, -0.2) is 58.9 Å². The van der Waals surface area contributed by atoms with Crippen LogP contribution in [-0.2, 0) is 32.2 Å². The molecule has 0 aliphatic rings. The minimum atomic E-state index is -0.974. The van der Waals surface area contributed by atoms with E-state index in [1.807, 2.05) is 0 Å². The molecular weight excluding hydrogens is 464 g/mol. The van der Waals surface area contributed by atoms with Crippen LogP contribution in [0.5, 0.6) is 0 Å². The predicted molar refractivity (Wildman–Crippen MR) is 112 cm³/mol. The highest BCUT2D eigenvalue weighted by molar-refractivity contribution is 5.97. The van der Waals surface area contributed by atoms with Gasteiger partial charge in [0.2, 0.25) is 0 Å². The summed E-state index contributed by atoms with van der Waals surface area (Å²) in [6.45, 7) is -1.31. The van der Waals surface area contributed by atoms with Crippen LogP contribution in [0.15, 0.2) is 31.3 Å². The average molecular weight is 482 g/mol. The first-order valence-electron chi connectivity index (χ1n) is 9.83. The first-order chi connectivity index (χ1) is 16.2. The Balaban J connectivity index is 1.75. The van der Waals surface area contributed by atoms with Crippen molar-refractivity contribution in [1.82, 2.24) is 9.13 Å². The molecule has 0 bridgehead atoms. The molecule has 3 rings (SSSR count). The maximum Gasteiger partial charge on any atom is 0.294 e. The first kappa shape index (κ1) is 24.5. The Morgan fingerprint density at radius 2 is 0.912 bits per heavy atom. The Bertz CT molecular complexity index is 1230. The van der Waals surface area contributed by atoms with Crippen molar-refractivity contribution in [2.75, 3.05) is 39.6 Å². The molecule has 0 unspecified atom stereocenters. The number of hydrogen-bond acceptors (Lipinski definition) is 12. The van der Waals surface area contributed by atoms with Gasteiger partial charge in [-0.15, -0.1) is 20.2 Å². The van der Waals surface area contributed by atoms with Crippen LogP contribution in [0, 0.1) is 20.2 Å². The van der Waals surface area contributed by atoms with Crippen LogP contribution in [0.4, 0.5) is 0 Å².